The Morgan fingerprint density at radius 1 is 1.54 bits per heavy atom. The van der Waals surface area contributed by atoms with E-state index in [4.69, 9.17) is 9.15 Å². The smallest absolute Gasteiger partial charge is 0.274 e. The molecule has 0 saturated heterocycles. The summed E-state index contributed by atoms with van der Waals surface area (Å²) in [6.45, 7) is 1.89. The molecule has 0 radical (unpaired) electrons. The SMILES string of the molecule is CCOc1cc([N+](=O)[O-])cc(/C=C(\C#N)C(=O)NCc2ccco2)c1O. The Labute approximate surface area is 148 Å². The third-order valence-electron chi connectivity index (χ3n) is 3.27. The third kappa shape index (κ3) is 4.39. The van der Waals surface area contributed by atoms with Gasteiger partial charge in [-0.2, -0.15) is 5.26 Å². The molecule has 0 aliphatic rings. The van der Waals surface area contributed by atoms with Crippen LogP contribution in [0.5, 0.6) is 11.5 Å². The van der Waals surface area contributed by atoms with Gasteiger partial charge in [0.05, 0.1) is 30.4 Å². The number of nitrogens with zero attached hydrogens (tertiary/aromatic N) is 2. The lowest BCUT2D eigenvalue weighted by atomic mass is 10.1. The molecule has 1 aromatic heterocycles. The van der Waals surface area contributed by atoms with E-state index in [1.54, 1.807) is 25.1 Å². The van der Waals surface area contributed by atoms with Gasteiger partial charge in [-0.25, -0.2) is 0 Å². The lowest BCUT2D eigenvalue weighted by Crippen LogP contribution is -2.23. The molecule has 0 atom stereocenters. The first-order chi connectivity index (χ1) is 12.5. The summed E-state index contributed by atoms with van der Waals surface area (Å²) in [6, 6.07) is 7.13. The molecule has 0 aliphatic carbocycles. The van der Waals surface area contributed by atoms with E-state index in [0.29, 0.717) is 5.76 Å². The Balaban J connectivity index is 2.33. The average molecular weight is 357 g/mol. The first-order valence-corrected chi connectivity index (χ1v) is 7.52. The Morgan fingerprint density at radius 3 is 2.88 bits per heavy atom. The van der Waals surface area contributed by atoms with Crippen molar-refractivity contribution in [3.05, 3.63) is 57.5 Å². The molecule has 2 N–H and O–H groups in total. The topological polar surface area (TPSA) is 139 Å². The van der Waals surface area contributed by atoms with Crippen LogP contribution < -0.4 is 10.1 Å². The molecule has 0 aliphatic heterocycles. The minimum absolute atomic E-state index is 0.0654. The van der Waals surface area contributed by atoms with E-state index in [9.17, 15) is 25.3 Å². The zero-order valence-corrected chi connectivity index (χ0v) is 13.8. The molecule has 2 rings (SSSR count). The van der Waals surface area contributed by atoms with Gasteiger partial charge in [0.1, 0.15) is 17.4 Å². The van der Waals surface area contributed by atoms with Crippen LogP contribution in [0.3, 0.4) is 0 Å². The molecule has 0 fully saturated rings. The highest BCUT2D eigenvalue weighted by Crippen LogP contribution is 2.36. The van der Waals surface area contributed by atoms with Gasteiger partial charge >= 0.3 is 0 Å². The molecule has 134 valence electrons. The number of carbonyl (C=O) groups excluding carboxylic acids is 1. The minimum Gasteiger partial charge on any atom is -0.504 e. The summed E-state index contributed by atoms with van der Waals surface area (Å²) < 4.78 is 10.2. The number of furan rings is 1. The van der Waals surface area contributed by atoms with E-state index in [-0.39, 0.29) is 35.7 Å². The maximum atomic E-state index is 12.1. The predicted octanol–water partition coefficient (Wildman–Crippen LogP) is 2.52. The van der Waals surface area contributed by atoms with Crippen LogP contribution in [0.25, 0.3) is 6.08 Å². The van der Waals surface area contributed by atoms with Gasteiger partial charge in [-0.15, -0.1) is 0 Å². The quantitative estimate of drug-likeness (QED) is 0.336. The highest BCUT2D eigenvalue weighted by Gasteiger charge is 2.18. The molecule has 1 aromatic carbocycles. The van der Waals surface area contributed by atoms with Crippen LogP contribution in [0.1, 0.15) is 18.2 Å². The Hall–Kier alpha value is -3.80. The number of aromatic hydroxyl groups is 1. The number of non-ortho nitro benzene ring substituents is 1. The van der Waals surface area contributed by atoms with Crippen molar-refractivity contribution in [1.82, 2.24) is 5.32 Å². The second-order valence-corrected chi connectivity index (χ2v) is 5.00. The summed E-state index contributed by atoms with van der Waals surface area (Å²) in [6.07, 6.45) is 2.50. The molecule has 9 nitrogen and oxygen atoms in total. The number of rotatable bonds is 7. The molecule has 26 heavy (non-hydrogen) atoms. The summed E-state index contributed by atoms with van der Waals surface area (Å²) in [5.74, 6) is -0.731. The average Bonchev–Trinajstić information content (AvgIpc) is 3.13. The molecule has 1 amide bonds. The highest BCUT2D eigenvalue weighted by atomic mass is 16.6. The van der Waals surface area contributed by atoms with Gasteiger partial charge in [0.2, 0.25) is 0 Å². The van der Waals surface area contributed by atoms with E-state index >= 15 is 0 Å². The number of phenols is 1. The zero-order chi connectivity index (χ0) is 19.1. The van der Waals surface area contributed by atoms with Crippen molar-refractivity contribution >= 4 is 17.7 Å². The minimum atomic E-state index is -0.715. The summed E-state index contributed by atoms with van der Waals surface area (Å²) in [7, 11) is 0. The van der Waals surface area contributed by atoms with E-state index < -0.39 is 16.6 Å². The monoisotopic (exact) mass is 357 g/mol. The first-order valence-electron chi connectivity index (χ1n) is 7.52. The number of nitro groups is 1. The van der Waals surface area contributed by atoms with Crippen molar-refractivity contribution in [3.8, 4) is 17.6 Å². The van der Waals surface area contributed by atoms with Gasteiger partial charge in [-0.1, -0.05) is 0 Å². The number of nitriles is 1. The molecule has 0 unspecified atom stereocenters. The largest absolute Gasteiger partial charge is 0.504 e. The fourth-order valence-corrected chi connectivity index (χ4v) is 2.08. The number of ether oxygens (including phenoxy) is 1. The van der Waals surface area contributed by atoms with Crippen LogP contribution >= 0.6 is 0 Å². The Bertz CT molecular complexity index is 881. The van der Waals surface area contributed by atoms with Gasteiger partial charge in [-0.05, 0) is 25.1 Å². The summed E-state index contributed by atoms with van der Waals surface area (Å²) in [4.78, 5) is 22.5. The molecular weight excluding hydrogens is 342 g/mol. The second-order valence-electron chi connectivity index (χ2n) is 5.00. The molecule has 9 heteroatoms. The third-order valence-corrected chi connectivity index (χ3v) is 3.27. The second kappa shape index (κ2) is 8.34. The highest BCUT2D eigenvalue weighted by molar-refractivity contribution is 6.02. The van der Waals surface area contributed by atoms with Crippen LogP contribution in [-0.4, -0.2) is 22.5 Å². The van der Waals surface area contributed by atoms with Crippen LogP contribution in [0.4, 0.5) is 5.69 Å². The van der Waals surface area contributed by atoms with Crippen LogP contribution in [-0.2, 0) is 11.3 Å². The van der Waals surface area contributed by atoms with Crippen LogP contribution in [0, 0.1) is 21.4 Å². The van der Waals surface area contributed by atoms with E-state index in [0.717, 1.165) is 18.2 Å². The maximum Gasteiger partial charge on any atom is 0.274 e. The van der Waals surface area contributed by atoms with Crippen molar-refractivity contribution in [2.24, 2.45) is 0 Å². The number of hydrogen-bond acceptors (Lipinski definition) is 7. The number of carbonyl (C=O) groups is 1. The van der Waals surface area contributed by atoms with Crippen molar-refractivity contribution in [1.29, 1.82) is 5.26 Å². The number of benzene rings is 1. The number of amides is 1. The fourth-order valence-electron chi connectivity index (χ4n) is 2.08. The van der Waals surface area contributed by atoms with Gasteiger partial charge in [-0.3, -0.25) is 14.9 Å². The molecule has 0 saturated carbocycles. The molecule has 0 bridgehead atoms. The zero-order valence-electron chi connectivity index (χ0n) is 13.8. The van der Waals surface area contributed by atoms with Gasteiger partial charge < -0.3 is 19.6 Å². The van der Waals surface area contributed by atoms with Crippen LogP contribution in [0.2, 0.25) is 0 Å². The van der Waals surface area contributed by atoms with E-state index in [2.05, 4.69) is 5.32 Å². The lowest BCUT2D eigenvalue weighted by molar-refractivity contribution is -0.385. The summed E-state index contributed by atoms with van der Waals surface area (Å²) >= 11 is 0. The van der Waals surface area contributed by atoms with Crippen molar-refractivity contribution in [2.75, 3.05) is 6.61 Å². The molecule has 0 spiro atoms. The summed E-state index contributed by atoms with van der Waals surface area (Å²) in [5.41, 5.74) is -0.757. The fraction of sp³-hybridized carbons (Fsp3) is 0.176. The summed E-state index contributed by atoms with van der Waals surface area (Å²) in [5, 5.41) is 32.9. The number of nitro benzene ring substituents is 1. The number of phenolic OH excluding ortho intramolecular Hbond substituents is 1. The van der Waals surface area contributed by atoms with E-state index in [1.165, 1.54) is 6.26 Å². The normalized spacial score (nSPS) is 10.8. The van der Waals surface area contributed by atoms with Crippen molar-refractivity contribution < 1.29 is 24.0 Å². The van der Waals surface area contributed by atoms with Gasteiger partial charge in [0, 0.05) is 11.6 Å². The number of nitrogens with one attached hydrogen (secondary N) is 1. The van der Waals surface area contributed by atoms with Gasteiger partial charge in [0.25, 0.3) is 11.6 Å². The molecular formula is C17H15N3O6. The van der Waals surface area contributed by atoms with Gasteiger partial charge in [0.15, 0.2) is 11.5 Å². The predicted molar refractivity (Wildman–Crippen MR) is 90.1 cm³/mol. The van der Waals surface area contributed by atoms with E-state index in [1.807, 2.05) is 0 Å². The van der Waals surface area contributed by atoms with Crippen molar-refractivity contribution in [3.63, 3.8) is 0 Å². The lowest BCUT2D eigenvalue weighted by Gasteiger charge is -2.09. The van der Waals surface area contributed by atoms with Crippen LogP contribution in [0.15, 0.2) is 40.5 Å². The Morgan fingerprint density at radius 2 is 2.31 bits per heavy atom. The molecule has 1 heterocycles. The Kier molecular flexibility index (Phi) is 5.95. The first kappa shape index (κ1) is 18.5. The maximum absolute atomic E-state index is 12.1. The standard InChI is InChI=1S/C17H15N3O6/c1-2-25-15-8-13(20(23)24)7-11(16(15)21)6-12(9-18)17(22)19-10-14-4-3-5-26-14/h3-8,21H,2,10H2,1H3,(H,19,22)/b12-6+. The number of hydrogen-bond donors (Lipinski definition) is 2. The van der Waals surface area contributed by atoms with Crippen molar-refractivity contribution in [2.45, 2.75) is 13.5 Å². The molecule has 2 aromatic rings.